The van der Waals surface area contributed by atoms with Crippen LogP contribution in [0.25, 0.3) is 0 Å². The van der Waals surface area contributed by atoms with Crippen LogP contribution in [0.2, 0.25) is 0 Å². The number of nitrogens with zero attached hydrogens (tertiary/aromatic N) is 1. The van der Waals surface area contributed by atoms with E-state index in [9.17, 15) is 4.79 Å². The maximum atomic E-state index is 10.9. The third-order valence-corrected chi connectivity index (χ3v) is 5.17. The second-order valence-corrected chi connectivity index (χ2v) is 6.60. The third kappa shape index (κ3) is 2.01. The summed E-state index contributed by atoms with van der Waals surface area (Å²) in [6.45, 7) is 0.304. The van der Waals surface area contributed by atoms with E-state index in [0.29, 0.717) is 6.54 Å². The molecule has 18 heavy (non-hydrogen) atoms. The zero-order valence-corrected chi connectivity index (χ0v) is 10.6. The van der Waals surface area contributed by atoms with Gasteiger partial charge in [0.25, 0.3) is 0 Å². The molecule has 0 aliphatic heterocycles. The van der Waals surface area contributed by atoms with Crippen LogP contribution in [0.5, 0.6) is 0 Å². The molecule has 4 saturated carbocycles. The van der Waals surface area contributed by atoms with E-state index in [1.807, 2.05) is 6.07 Å². The molecule has 0 aromatic heterocycles. The molecule has 0 spiro atoms. The first-order valence-corrected chi connectivity index (χ1v) is 6.98. The molecule has 0 aromatic rings. The summed E-state index contributed by atoms with van der Waals surface area (Å²) in [6, 6.07) is 1.87. The Morgan fingerprint density at radius 3 is 2.17 bits per heavy atom. The van der Waals surface area contributed by atoms with Crippen LogP contribution in [0.15, 0.2) is 0 Å². The molecule has 0 amide bonds. The van der Waals surface area contributed by atoms with Gasteiger partial charge in [0, 0.05) is 12.1 Å². The Morgan fingerprint density at radius 1 is 1.28 bits per heavy atom. The second kappa shape index (κ2) is 4.24. The van der Waals surface area contributed by atoms with Gasteiger partial charge in [-0.15, -0.1) is 0 Å². The molecular weight excluding hydrogens is 228 g/mol. The van der Waals surface area contributed by atoms with Gasteiger partial charge >= 0.3 is 5.97 Å². The Labute approximate surface area is 107 Å². The topological polar surface area (TPSA) is 73.1 Å². The van der Waals surface area contributed by atoms with Crippen LogP contribution in [-0.4, -0.2) is 23.2 Å². The lowest BCUT2D eigenvalue weighted by molar-refractivity contribution is -0.139. The first kappa shape index (κ1) is 12.0. The minimum absolute atomic E-state index is 0.152. The van der Waals surface area contributed by atoms with Crippen LogP contribution < -0.4 is 5.32 Å². The molecular formula is C14H20N2O2. The fraction of sp³-hybridized carbons (Fsp3) is 0.857. The zero-order chi connectivity index (χ0) is 12.8. The number of hydrogen-bond donors (Lipinski definition) is 2. The summed E-state index contributed by atoms with van der Waals surface area (Å²) in [6.07, 6.45) is 7.70. The van der Waals surface area contributed by atoms with Gasteiger partial charge < -0.3 is 10.4 Å². The van der Waals surface area contributed by atoms with Crippen molar-refractivity contribution in [2.45, 2.75) is 44.1 Å². The van der Waals surface area contributed by atoms with Gasteiger partial charge in [0.05, 0.1) is 6.07 Å². The Bertz CT molecular complexity index is 364. The van der Waals surface area contributed by atoms with E-state index in [2.05, 4.69) is 5.32 Å². The zero-order valence-electron chi connectivity index (χ0n) is 10.6. The highest BCUT2D eigenvalue weighted by Gasteiger charge is 2.50. The van der Waals surface area contributed by atoms with Crippen molar-refractivity contribution >= 4 is 5.97 Å². The van der Waals surface area contributed by atoms with E-state index in [4.69, 9.17) is 10.4 Å². The van der Waals surface area contributed by atoms with Crippen LogP contribution >= 0.6 is 0 Å². The molecule has 1 unspecified atom stereocenters. The van der Waals surface area contributed by atoms with Gasteiger partial charge in [-0.1, -0.05) is 0 Å². The first-order chi connectivity index (χ1) is 8.60. The van der Waals surface area contributed by atoms with Gasteiger partial charge in [0.15, 0.2) is 5.92 Å². The Hall–Kier alpha value is -1.08. The maximum Gasteiger partial charge on any atom is 0.322 e. The van der Waals surface area contributed by atoms with E-state index in [-0.39, 0.29) is 5.54 Å². The van der Waals surface area contributed by atoms with Gasteiger partial charge in [-0.3, -0.25) is 4.79 Å². The second-order valence-electron chi connectivity index (χ2n) is 6.60. The van der Waals surface area contributed by atoms with E-state index in [1.54, 1.807) is 0 Å². The molecule has 1 atom stereocenters. The van der Waals surface area contributed by atoms with E-state index >= 15 is 0 Å². The molecule has 4 bridgehead atoms. The number of rotatable bonds is 4. The number of nitriles is 1. The SMILES string of the molecule is N#CC(CNC12CC3CC(CC(C3)C1)C2)C(=O)O. The standard InChI is InChI=1S/C14H20N2O2/c15-7-12(13(17)18)8-16-14-4-9-1-10(5-14)3-11(2-9)6-14/h9-12,16H,1-6,8H2,(H,17,18). The summed E-state index contributed by atoms with van der Waals surface area (Å²) < 4.78 is 0. The molecule has 0 radical (unpaired) electrons. The molecule has 98 valence electrons. The quantitative estimate of drug-likeness (QED) is 0.795. The Kier molecular flexibility index (Phi) is 2.82. The number of carbonyl (C=O) groups is 1. The van der Waals surface area contributed by atoms with Crippen molar-refractivity contribution in [3.8, 4) is 6.07 Å². The van der Waals surface area contributed by atoms with Crippen molar-refractivity contribution in [2.75, 3.05) is 6.54 Å². The lowest BCUT2D eigenvalue weighted by atomic mass is 9.53. The lowest BCUT2D eigenvalue weighted by Crippen LogP contribution is -2.59. The molecule has 2 N–H and O–H groups in total. The summed E-state index contributed by atoms with van der Waals surface area (Å²) in [5.41, 5.74) is 0.152. The highest BCUT2D eigenvalue weighted by molar-refractivity contribution is 5.73. The molecule has 0 aromatic carbocycles. The van der Waals surface area contributed by atoms with Crippen LogP contribution in [0, 0.1) is 35.0 Å². The smallest absolute Gasteiger partial charge is 0.322 e. The van der Waals surface area contributed by atoms with Crippen molar-refractivity contribution in [2.24, 2.45) is 23.7 Å². The normalized spacial score (nSPS) is 42.5. The Balaban J connectivity index is 1.66. The minimum atomic E-state index is -1.00. The van der Waals surface area contributed by atoms with Crippen molar-refractivity contribution in [1.29, 1.82) is 5.26 Å². The van der Waals surface area contributed by atoms with Crippen LogP contribution in [0.4, 0.5) is 0 Å². The predicted molar refractivity (Wildman–Crippen MR) is 65.6 cm³/mol. The monoisotopic (exact) mass is 248 g/mol. The van der Waals surface area contributed by atoms with Gasteiger partial charge in [-0.2, -0.15) is 5.26 Å². The van der Waals surface area contributed by atoms with Gasteiger partial charge in [0.2, 0.25) is 0 Å². The molecule has 4 fully saturated rings. The minimum Gasteiger partial charge on any atom is -0.480 e. The summed E-state index contributed by atoms with van der Waals surface area (Å²) in [5, 5.41) is 21.2. The number of nitrogens with one attached hydrogen (secondary N) is 1. The average Bonchev–Trinajstić information content (AvgIpc) is 2.27. The van der Waals surface area contributed by atoms with Crippen LogP contribution in [0.1, 0.15) is 38.5 Å². The highest BCUT2D eigenvalue weighted by atomic mass is 16.4. The lowest BCUT2D eigenvalue weighted by Gasteiger charge is -2.57. The number of hydrogen-bond acceptors (Lipinski definition) is 3. The van der Waals surface area contributed by atoms with Gasteiger partial charge in [0.1, 0.15) is 0 Å². The summed E-state index contributed by atoms with van der Waals surface area (Å²) >= 11 is 0. The summed E-state index contributed by atoms with van der Waals surface area (Å²) in [7, 11) is 0. The number of aliphatic carboxylic acids is 1. The predicted octanol–water partition coefficient (Wildman–Crippen LogP) is 1.77. The fourth-order valence-corrected chi connectivity index (χ4v) is 4.83. The molecule has 4 rings (SSSR count). The van der Waals surface area contributed by atoms with Crippen molar-refractivity contribution in [1.82, 2.24) is 5.32 Å². The Morgan fingerprint density at radius 2 is 1.78 bits per heavy atom. The van der Waals surface area contributed by atoms with E-state index in [0.717, 1.165) is 17.8 Å². The highest BCUT2D eigenvalue weighted by Crippen LogP contribution is 2.55. The van der Waals surface area contributed by atoms with Crippen molar-refractivity contribution < 1.29 is 9.90 Å². The molecule has 0 heterocycles. The largest absolute Gasteiger partial charge is 0.480 e. The van der Waals surface area contributed by atoms with Gasteiger partial charge in [-0.25, -0.2) is 0 Å². The molecule has 4 aliphatic rings. The molecule has 4 aliphatic carbocycles. The van der Waals surface area contributed by atoms with Gasteiger partial charge in [-0.05, 0) is 56.3 Å². The number of carboxylic acid groups (broad SMARTS) is 1. The molecule has 4 heteroatoms. The van der Waals surface area contributed by atoms with Crippen molar-refractivity contribution in [3.63, 3.8) is 0 Å². The third-order valence-electron chi connectivity index (χ3n) is 5.17. The van der Waals surface area contributed by atoms with Crippen molar-refractivity contribution in [3.05, 3.63) is 0 Å². The first-order valence-electron chi connectivity index (χ1n) is 6.98. The molecule has 4 nitrogen and oxygen atoms in total. The summed E-state index contributed by atoms with van der Waals surface area (Å²) in [4.78, 5) is 10.9. The van der Waals surface area contributed by atoms with E-state index in [1.165, 1.54) is 38.5 Å². The van der Waals surface area contributed by atoms with Crippen LogP contribution in [0.3, 0.4) is 0 Å². The maximum absolute atomic E-state index is 10.9. The van der Waals surface area contributed by atoms with E-state index < -0.39 is 11.9 Å². The number of carboxylic acids is 1. The average molecular weight is 248 g/mol. The molecule has 0 saturated heterocycles. The van der Waals surface area contributed by atoms with Crippen LogP contribution in [-0.2, 0) is 4.79 Å². The summed E-state index contributed by atoms with van der Waals surface area (Å²) in [5.74, 6) is 0.616. The fourth-order valence-electron chi connectivity index (χ4n) is 4.83.